The SMILES string of the molecule is C=CCCc1ccc(OC(F)(F)c2c(F)cc(-c3ccc(-c4ccc(C5CCC(CC/C=C/C)CC5)cc4)cc3F)cc2F)cc1F. The van der Waals surface area contributed by atoms with E-state index in [4.69, 9.17) is 0 Å². The number of hydrogen-bond acceptors (Lipinski definition) is 1. The Kier molecular flexibility index (Phi) is 10.9. The fourth-order valence-electron chi connectivity index (χ4n) is 6.42. The average Bonchev–Trinajstić information content (AvgIpc) is 3.04. The Bertz CT molecular complexity index is 1690. The Morgan fingerprint density at radius 2 is 1.40 bits per heavy atom. The maximum atomic E-state index is 15.3. The summed E-state index contributed by atoms with van der Waals surface area (Å²) < 4.78 is 94.2. The van der Waals surface area contributed by atoms with E-state index in [2.05, 4.69) is 35.6 Å². The van der Waals surface area contributed by atoms with Crippen LogP contribution in [0.15, 0.2) is 97.6 Å². The van der Waals surface area contributed by atoms with Gasteiger partial charge in [-0.2, -0.15) is 8.78 Å². The van der Waals surface area contributed by atoms with Crippen LogP contribution in [0.2, 0.25) is 0 Å². The fraction of sp³-hybridized carbons (Fsp3) is 0.300. The van der Waals surface area contributed by atoms with Crippen LogP contribution in [0.1, 0.15) is 74.5 Å². The zero-order valence-corrected chi connectivity index (χ0v) is 26.4. The van der Waals surface area contributed by atoms with Gasteiger partial charge in [-0.05, 0) is 122 Å². The molecule has 7 heteroatoms. The molecule has 4 aromatic rings. The first-order valence-corrected chi connectivity index (χ1v) is 16.1. The largest absolute Gasteiger partial charge is 0.432 e. The Labute approximate surface area is 272 Å². The number of hydrogen-bond donors (Lipinski definition) is 0. The molecule has 0 N–H and O–H groups in total. The molecule has 0 aliphatic heterocycles. The highest BCUT2D eigenvalue weighted by molar-refractivity contribution is 5.71. The number of rotatable bonds is 12. The van der Waals surface area contributed by atoms with Gasteiger partial charge in [0.15, 0.2) is 0 Å². The van der Waals surface area contributed by atoms with Crippen molar-refractivity contribution >= 4 is 0 Å². The minimum Gasteiger partial charge on any atom is -0.429 e. The molecule has 1 aliphatic carbocycles. The van der Waals surface area contributed by atoms with Gasteiger partial charge in [-0.15, -0.1) is 6.58 Å². The maximum Gasteiger partial charge on any atom is 0.432 e. The third-order valence-electron chi connectivity index (χ3n) is 9.04. The number of ether oxygens (including phenoxy) is 1. The maximum absolute atomic E-state index is 15.3. The smallest absolute Gasteiger partial charge is 0.429 e. The topological polar surface area (TPSA) is 9.23 Å². The zero-order valence-electron chi connectivity index (χ0n) is 26.4. The van der Waals surface area contributed by atoms with E-state index in [9.17, 15) is 13.2 Å². The summed E-state index contributed by atoms with van der Waals surface area (Å²) in [6.07, 6.45) is 9.32. The lowest BCUT2D eigenvalue weighted by Gasteiger charge is -2.28. The number of alkyl halides is 2. The van der Waals surface area contributed by atoms with E-state index in [-0.39, 0.29) is 16.7 Å². The molecule has 0 spiro atoms. The van der Waals surface area contributed by atoms with Gasteiger partial charge in [0.25, 0.3) is 0 Å². The van der Waals surface area contributed by atoms with E-state index in [1.807, 2.05) is 19.1 Å². The Balaban J connectivity index is 1.28. The number of allylic oxidation sites excluding steroid dienone is 3. The highest BCUT2D eigenvalue weighted by atomic mass is 19.3. The van der Waals surface area contributed by atoms with Gasteiger partial charge < -0.3 is 4.74 Å². The van der Waals surface area contributed by atoms with Crippen molar-refractivity contribution in [1.29, 1.82) is 0 Å². The Morgan fingerprint density at radius 3 is 2.02 bits per heavy atom. The van der Waals surface area contributed by atoms with E-state index in [1.165, 1.54) is 43.0 Å². The number of aryl methyl sites for hydroxylation is 1. The molecule has 0 heterocycles. The van der Waals surface area contributed by atoms with Crippen molar-refractivity contribution in [3.63, 3.8) is 0 Å². The molecule has 0 radical (unpaired) electrons. The predicted molar refractivity (Wildman–Crippen MR) is 175 cm³/mol. The first-order valence-electron chi connectivity index (χ1n) is 16.1. The standard InChI is InChI=1S/C40H38F6O/c1-3-5-7-8-26-10-12-27(13-11-26)28-14-16-29(17-15-28)31-19-21-34(36(42)22-31)32-23-37(43)39(38(44)24-32)40(45,46)47-33-20-18-30(9-6-4-2)35(41)25-33/h3-5,14-27H,2,6-13H2,1H3/b5-3+. The molecule has 47 heavy (non-hydrogen) atoms. The molecule has 0 saturated heterocycles. The van der Waals surface area contributed by atoms with Crippen molar-refractivity contribution in [2.45, 2.75) is 70.3 Å². The molecule has 0 amide bonds. The Hall–Kier alpha value is -4.26. The van der Waals surface area contributed by atoms with Crippen LogP contribution in [0.3, 0.4) is 0 Å². The highest BCUT2D eigenvalue weighted by Gasteiger charge is 2.41. The van der Waals surface area contributed by atoms with E-state index >= 15 is 13.2 Å². The van der Waals surface area contributed by atoms with Crippen molar-refractivity contribution in [3.8, 4) is 28.0 Å². The van der Waals surface area contributed by atoms with Crippen LogP contribution in [0.25, 0.3) is 22.3 Å². The lowest BCUT2D eigenvalue weighted by atomic mass is 9.77. The molecule has 0 unspecified atom stereocenters. The molecule has 246 valence electrons. The Morgan fingerprint density at radius 1 is 0.745 bits per heavy atom. The van der Waals surface area contributed by atoms with Crippen molar-refractivity contribution in [2.75, 3.05) is 0 Å². The summed E-state index contributed by atoms with van der Waals surface area (Å²) in [6.45, 7) is 5.60. The van der Waals surface area contributed by atoms with E-state index in [1.54, 1.807) is 12.1 Å². The molecule has 0 atom stereocenters. The van der Waals surface area contributed by atoms with Gasteiger partial charge in [0.2, 0.25) is 0 Å². The summed E-state index contributed by atoms with van der Waals surface area (Å²) in [6, 6.07) is 16.7. The van der Waals surface area contributed by atoms with Gasteiger partial charge >= 0.3 is 6.11 Å². The van der Waals surface area contributed by atoms with E-state index in [0.717, 1.165) is 42.9 Å². The van der Waals surface area contributed by atoms with Crippen LogP contribution in [0.4, 0.5) is 26.3 Å². The summed E-state index contributed by atoms with van der Waals surface area (Å²) in [5.74, 6) is -4.13. The highest BCUT2D eigenvalue weighted by Crippen LogP contribution is 2.40. The van der Waals surface area contributed by atoms with Crippen LogP contribution in [0, 0.1) is 29.2 Å². The third-order valence-corrected chi connectivity index (χ3v) is 9.04. The van der Waals surface area contributed by atoms with Crippen molar-refractivity contribution in [1.82, 2.24) is 0 Å². The molecule has 1 nitrogen and oxygen atoms in total. The van der Waals surface area contributed by atoms with Gasteiger partial charge in [0, 0.05) is 11.6 Å². The molecule has 5 rings (SSSR count). The summed E-state index contributed by atoms with van der Waals surface area (Å²) in [5.41, 5.74) is 0.822. The molecule has 0 aromatic heterocycles. The predicted octanol–water partition coefficient (Wildman–Crippen LogP) is 12.5. The summed E-state index contributed by atoms with van der Waals surface area (Å²) >= 11 is 0. The summed E-state index contributed by atoms with van der Waals surface area (Å²) in [7, 11) is 0. The molecule has 1 saturated carbocycles. The molecule has 4 aromatic carbocycles. The quantitative estimate of drug-likeness (QED) is 0.110. The number of benzene rings is 4. The van der Waals surface area contributed by atoms with Crippen molar-refractivity contribution < 1.29 is 31.1 Å². The van der Waals surface area contributed by atoms with Crippen LogP contribution >= 0.6 is 0 Å². The van der Waals surface area contributed by atoms with E-state index < -0.39 is 40.7 Å². The molecule has 1 fully saturated rings. The van der Waals surface area contributed by atoms with Gasteiger partial charge in [-0.3, -0.25) is 0 Å². The van der Waals surface area contributed by atoms with Gasteiger partial charge in [0.1, 0.15) is 34.6 Å². The first-order chi connectivity index (χ1) is 22.6. The lowest BCUT2D eigenvalue weighted by Crippen LogP contribution is -2.25. The summed E-state index contributed by atoms with van der Waals surface area (Å²) in [4.78, 5) is 0. The minimum atomic E-state index is -4.47. The van der Waals surface area contributed by atoms with E-state index in [0.29, 0.717) is 36.5 Å². The van der Waals surface area contributed by atoms with Crippen molar-refractivity contribution in [2.24, 2.45) is 5.92 Å². The zero-order chi connectivity index (χ0) is 33.6. The first kappa shape index (κ1) is 34.1. The van der Waals surface area contributed by atoms with Crippen LogP contribution in [-0.2, 0) is 12.5 Å². The number of halogens is 6. The normalized spacial score (nSPS) is 16.8. The van der Waals surface area contributed by atoms with Crippen LogP contribution in [-0.4, -0.2) is 0 Å². The second kappa shape index (κ2) is 15.1. The van der Waals surface area contributed by atoms with Gasteiger partial charge in [-0.1, -0.05) is 60.7 Å². The second-order valence-electron chi connectivity index (χ2n) is 12.2. The van der Waals surface area contributed by atoms with Gasteiger partial charge in [-0.25, -0.2) is 17.6 Å². The van der Waals surface area contributed by atoms with Gasteiger partial charge in [0.05, 0.1) is 0 Å². The fourth-order valence-corrected chi connectivity index (χ4v) is 6.42. The molecular formula is C40H38F6O. The molecule has 0 bridgehead atoms. The minimum absolute atomic E-state index is 0.151. The van der Waals surface area contributed by atoms with Crippen LogP contribution in [0.5, 0.6) is 5.75 Å². The van der Waals surface area contributed by atoms with Crippen LogP contribution < -0.4 is 4.74 Å². The molecule has 1 aliphatic rings. The average molecular weight is 649 g/mol. The third kappa shape index (κ3) is 8.19. The lowest BCUT2D eigenvalue weighted by molar-refractivity contribution is -0.189. The molecular weight excluding hydrogens is 610 g/mol. The van der Waals surface area contributed by atoms with Crippen molar-refractivity contribution in [3.05, 3.63) is 138 Å². The summed E-state index contributed by atoms with van der Waals surface area (Å²) in [5, 5.41) is 0. The monoisotopic (exact) mass is 648 g/mol. The second-order valence-corrected chi connectivity index (χ2v) is 12.2.